The van der Waals surface area contributed by atoms with Crippen molar-refractivity contribution in [1.29, 1.82) is 0 Å². The van der Waals surface area contributed by atoms with E-state index in [1.165, 1.54) is 29.6 Å². The summed E-state index contributed by atoms with van der Waals surface area (Å²) >= 11 is 0. The van der Waals surface area contributed by atoms with Gasteiger partial charge in [0.05, 0.1) is 31.5 Å². The quantitative estimate of drug-likeness (QED) is 0.685. The Labute approximate surface area is 190 Å². The number of halogens is 5. The molecule has 0 atom stereocenters. The lowest BCUT2D eigenvalue weighted by Gasteiger charge is -2.24. The molecule has 0 aliphatic carbocycles. The fraction of sp³-hybridized carbons (Fsp3) is 0.333. The summed E-state index contributed by atoms with van der Waals surface area (Å²) in [6.07, 6.45) is 2.98. The van der Waals surface area contributed by atoms with E-state index in [0.29, 0.717) is 22.8 Å². The molecule has 0 bridgehead atoms. The van der Waals surface area contributed by atoms with Crippen molar-refractivity contribution in [2.45, 2.75) is 25.2 Å². The Morgan fingerprint density at radius 2 is 2.00 bits per heavy atom. The van der Waals surface area contributed by atoms with E-state index >= 15 is 0 Å². The molecule has 0 unspecified atom stereocenters. The summed E-state index contributed by atoms with van der Waals surface area (Å²) in [5.41, 5.74) is 4.08. The van der Waals surface area contributed by atoms with E-state index in [1.54, 1.807) is 29.1 Å². The van der Waals surface area contributed by atoms with Crippen LogP contribution in [0.3, 0.4) is 0 Å². The second kappa shape index (κ2) is 8.01. The Kier molecular flexibility index (Phi) is 5.23. The Morgan fingerprint density at radius 1 is 1.18 bits per heavy atom. The third kappa shape index (κ3) is 4.18. The Bertz CT molecular complexity index is 1220. The molecular weight excluding hydrogens is 459 g/mol. The maximum Gasteiger partial charge on any atom is 0.433 e. The average Bonchev–Trinajstić information content (AvgIpc) is 3.26. The monoisotopic (exact) mass is 478 g/mol. The van der Waals surface area contributed by atoms with Crippen LogP contribution in [-0.4, -0.2) is 62.3 Å². The summed E-state index contributed by atoms with van der Waals surface area (Å²) in [4.78, 5) is 13.8. The molecule has 0 fully saturated rings. The summed E-state index contributed by atoms with van der Waals surface area (Å²) in [6, 6.07) is 2.28. The smallest absolute Gasteiger partial charge is 0.338 e. The highest BCUT2D eigenvalue weighted by Gasteiger charge is 2.49. The van der Waals surface area contributed by atoms with Gasteiger partial charge in [-0.05, 0) is 11.6 Å². The van der Waals surface area contributed by atoms with Crippen LogP contribution in [0.25, 0.3) is 0 Å². The topological polar surface area (TPSA) is 73.9 Å². The summed E-state index contributed by atoms with van der Waals surface area (Å²) in [5.74, 6) is -2.61. The van der Waals surface area contributed by atoms with Gasteiger partial charge in [0.1, 0.15) is 11.4 Å². The summed E-state index contributed by atoms with van der Waals surface area (Å²) in [7, 11) is 1.66. The van der Waals surface area contributed by atoms with Crippen LogP contribution in [0.1, 0.15) is 16.8 Å². The van der Waals surface area contributed by atoms with Crippen molar-refractivity contribution in [2.24, 2.45) is 9.98 Å². The van der Waals surface area contributed by atoms with Crippen molar-refractivity contribution in [1.82, 2.24) is 30.1 Å². The van der Waals surface area contributed by atoms with Gasteiger partial charge >= 0.3 is 6.18 Å². The zero-order chi connectivity index (χ0) is 24.1. The fourth-order valence-electron chi connectivity index (χ4n) is 3.99. The van der Waals surface area contributed by atoms with Crippen LogP contribution in [0.2, 0.25) is 0 Å². The minimum atomic E-state index is -4.49. The molecule has 0 spiro atoms. The van der Waals surface area contributed by atoms with Crippen LogP contribution in [-0.2, 0) is 19.3 Å². The molecule has 0 saturated carbocycles. The number of aromatic nitrogens is 3. The number of aliphatic imine (C=N–C) groups is 2. The van der Waals surface area contributed by atoms with Gasteiger partial charge in [-0.2, -0.15) is 27.1 Å². The number of nitrogens with one attached hydrogen (secondary N) is 1. The normalized spacial score (nSPS) is 20.9. The highest BCUT2D eigenvalue weighted by molar-refractivity contribution is 6.48. The standard InChI is InChI=1S/C21H19F5N8/c1-32-11-15-18-17(27-4-5-33(18)12-20(15,22)23)19(31-32)29-7-14-8-30-34(10-14)9-13-2-3-16(28-6-13)21(24,25)26/h2-6,8,10H,7,9,11-12H2,1H3,(H,29,31). The molecule has 0 aromatic carbocycles. The van der Waals surface area contributed by atoms with Crippen molar-refractivity contribution in [3.8, 4) is 0 Å². The number of hydrazine groups is 1. The Hall–Kier alpha value is -3.61. The lowest BCUT2D eigenvalue weighted by molar-refractivity contribution is -0.141. The second-order valence-electron chi connectivity index (χ2n) is 8.16. The number of amidine groups is 1. The van der Waals surface area contributed by atoms with Crippen molar-refractivity contribution in [3.63, 3.8) is 0 Å². The van der Waals surface area contributed by atoms with Crippen molar-refractivity contribution in [3.05, 3.63) is 71.2 Å². The molecule has 8 nitrogen and oxygen atoms in total. The van der Waals surface area contributed by atoms with Gasteiger partial charge in [-0.15, -0.1) is 0 Å². The van der Waals surface area contributed by atoms with E-state index in [0.717, 1.165) is 11.6 Å². The number of pyridine rings is 1. The summed E-state index contributed by atoms with van der Waals surface area (Å²) < 4.78 is 68.7. The van der Waals surface area contributed by atoms with E-state index in [1.807, 2.05) is 0 Å². The average molecular weight is 478 g/mol. The Balaban J connectivity index is 1.33. The first kappa shape index (κ1) is 22.2. The summed E-state index contributed by atoms with van der Waals surface area (Å²) in [6.45, 7) is 0.0212. The van der Waals surface area contributed by atoms with Gasteiger partial charge in [-0.1, -0.05) is 6.07 Å². The van der Waals surface area contributed by atoms with Crippen molar-refractivity contribution in [2.75, 3.05) is 20.1 Å². The minimum Gasteiger partial charge on any atom is -0.338 e. The zero-order valence-corrected chi connectivity index (χ0v) is 17.9. The lowest BCUT2D eigenvalue weighted by Crippen LogP contribution is -2.45. The van der Waals surface area contributed by atoms with E-state index in [4.69, 9.17) is 0 Å². The first-order chi connectivity index (χ1) is 16.1. The van der Waals surface area contributed by atoms with Gasteiger partial charge in [0.2, 0.25) is 0 Å². The molecule has 0 amide bonds. The van der Waals surface area contributed by atoms with Crippen LogP contribution < -0.4 is 5.43 Å². The molecule has 5 rings (SSSR count). The molecule has 34 heavy (non-hydrogen) atoms. The van der Waals surface area contributed by atoms with Gasteiger partial charge in [-0.25, -0.2) is 10.0 Å². The molecule has 3 aliphatic rings. The first-order valence-corrected chi connectivity index (χ1v) is 10.3. The predicted molar refractivity (Wildman–Crippen MR) is 113 cm³/mol. The van der Waals surface area contributed by atoms with Crippen LogP contribution >= 0.6 is 0 Å². The molecule has 5 heterocycles. The van der Waals surface area contributed by atoms with Crippen LogP contribution in [0.4, 0.5) is 22.0 Å². The Morgan fingerprint density at radius 3 is 2.74 bits per heavy atom. The van der Waals surface area contributed by atoms with Crippen molar-refractivity contribution < 1.29 is 22.0 Å². The highest BCUT2D eigenvalue weighted by Crippen LogP contribution is 2.39. The molecule has 1 N–H and O–H groups in total. The third-order valence-corrected chi connectivity index (χ3v) is 5.54. The molecule has 13 heteroatoms. The van der Waals surface area contributed by atoms with E-state index in [9.17, 15) is 22.0 Å². The lowest BCUT2D eigenvalue weighted by atomic mass is 10.1. The largest absolute Gasteiger partial charge is 0.433 e. The molecule has 0 radical (unpaired) electrons. The molecular formula is C21H19F5N8. The molecule has 0 saturated heterocycles. The number of likely N-dealkylation sites (N-methyl/N-ethyl adjacent to an activating group) is 1. The maximum absolute atomic E-state index is 14.6. The number of nitrogens with zero attached hydrogens (tertiary/aromatic N) is 7. The maximum atomic E-state index is 14.6. The molecule has 2 aromatic heterocycles. The van der Waals surface area contributed by atoms with Crippen molar-refractivity contribution >= 4 is 11.5 Å². The first-order valence-electron chi connectivity index (χ1n) is 10.3. The zero-order valence-electron chi connectivity index (χ0n) is 17.9. The van der Waals surface area contributed by atoms with Gasteiger partial charge in [0, 0.05) is 49.5 Å². The van der Waals surface area contributed by atoms with Gasteiger partial charge in [-0.3, -0.25) is 14.7 Å². The number of hydrogen-bond donors (Lipinski definition) is 1. The fourth-order valence-corrected chi connectivity index (χ4v) is 3.99. The molecule has 3 aliphatic heterocycles. The van der Waals surface area contributed by atoms with Gasteiger partial charge in [0.15, 0.2) is 5.84 Å². The predicted octanol–water partition coefficient (Wildman–Crippen LogP) is 2.82. The summed E-state index contributed by atoms with van der Waals surface area (Å²) in [5, 5.41) is 5.77. The van der Waals surface area contributed by atoms with Crippen LogP contribution in [0.15, 0.2) is 64.4 Å². The third-order valence-electron chi connectivity index (χ3n) is 5.54. The second-order valence-corrected chi connectivity index (χ2v) is 8.16. The van der Waals surface area contributed by atoms with E-state index in [2.05, 4.69) is 25.5 Å². The number of rotatable bonds is 4. The SMILES string of the molecule is CN1CC2=C3C(=NC=CN3CC2(F)F)C(=NCc2cnn(Cc3ccc(C(F)(F)F)nc3)c2)N1. The highest BCUT2D eigenvalue weighted by atomic mass is 19.4. The molecule has 2 aromatic rings. The van der Waals surface area contributed by atoms with Gasteiger partial charge < -0.3 is 10.3 Å². The molecule has 178 valence electrons. The van der Waals surface area contributed by atoms with Crippen LogP contribution in [0.5, 0.6) is 0 Å². The van der Waals surface area contributed by atoms with E-state index in [-0.39, 0.29) is 25.2 Å². The number of hydrogen-bond acceptors (Lipinski definition) is 6. The van der Waals surface area contributed by atoms with Crippen LogP contribution in [0, 0.1) is 0 Å². The van der Waals surface area contributed by atoms with Gasteiger partial charge in [0.25, 0.3) is 5.92 Å². The minimum absolute atomic E-state index is 0.00577. The number of alkyl halides is 5. The van der Waals surface area contributed by atoms with E-state index < -0.39 is 24.3 Å².